The van der Waals surface area contributed by atoms with Crippen LogP contribution in [0.1, 0.15) is 53.2 Å². The molecule has 204 valence electrons. The number of amides is 1. The quantitative estimate of drug-likeness (QED) is 0.177. The van der Waals surface area contributed by atoms with Gasteiger partial charge in [-0.05, 0) is 48.7 Å². The molecule has 0 radical (unpaired) electrons. The van der Waals surface area contributed by atoms with Crippen LogP contribution < -0.4 is 5.32 Å². The monoisotopic (exact) mass is 607 g/mol. The second-order valence-corrected chi connectivity index (χ2v) is 11.0. The van der Waals surface area contributed by atoms with Gasteiger partial charge in [-0.1, -0.05) is 71.1 Å². The fourth-order valence-corrected chi connectivity index (χ4v) is 5.28. The van der Waals surface area contributed by atoms with Gasteiger partial charge in [0.25, 0.3) is 5.91 Å². The van der Waals surface area contributed by atoms with Gasteiger partial charge in [0.2, 0.25) is 0 Å². The van der Waals surface area contributed by atoms with Crippen molar-refractivity contribution in [2.24, 2.45) is 0 Å². The highest BCUT2D eigenvalue weighted by molar-refractivity contribution is 7.91. The molecule has 0 aliphatic rings. The zero-order chi connectivity index (χ0) is 28.1. The lowest BCUT2D eigenvalue weighted by Crippen LogP contribution is -2.38. The first-order valence-corrected chi connectivity index (χ1v) is 13.4. The molecule has 2 aromatic rings. The third-order valence-corrected chi connectivity index (χ3v) is 7.97. The first kappa shape index (κ1) is 31.6. The average Bonchev–Trinajstić information content (AvgIpc) is 2.75. The Morgan fingerprint density at radius 1 is 1.08 bits per heavy atom. The van der Waals surface area contributed by atoms with Gasteiger partial charge in [-0.15, -0.1) is 0 Å². The Labute approximate surface area is 228 Å². The Morgan fingerprint density at radius 2 is 1.68 bits per heavy atom. The van der Waals surface area contributed by atoms with Gasteiger partial charge in [0.1, 0.15) is 11.5 Å². The summed E-state index contributed by atoms with van der Waals surface area (Å²) in [6.45, 7) is 3.34. The molecular weight excluding hydrogens is 587 g/mol. The number of hydrogen-bond donors (Lipinski definition) is 1. The fourth-order valence-electron chi connectivity index (χ4n) is 3.40. The maximum absolute atomic E-state index is 13.7. The molecule has 13 heteroatoms. The van der Waals surface area contributed by atoms with Crippen LogP contribution in [0.4, 0.5) is 26.3 Å². The van der Waals surface area contributed by atoms with E-state index in [2.05, 4.69) is 5.32 Å². The van der Waals surface area contributed by atoms with Gasteiger partial charge >= 0.3 is 12.4 Å². The second-order valence-electron chi connectivity index (χ2n) is 8.16. The summed E-state index contributed by atoms with van der Waals surface area (Å²) in [5, 5.41) is 1.83. The van der Waals surface area contributed by atoms with Gasteiger partial charge in [0.05, 0.1) is 38.2 Å². The van der Waals surface area contributed by atoms with Crippen LogP contribution in [0.15, 0.2) is 36.4 Å². The van der Waals surface area contributed by atoms with E-state index in [0.29, 0.717) is 24.3 Å². The van der Waals surface area contributed by atoms with Crippen molar-refractivity contribution in [1.82, 2.24) is 5.32 Å². The lowest BCUT2D eigenvalue weighted by atomic mass is 9.96. The summed E-state index contributed by atoms with van der Waals surface area (Å²) in [4.78, 5) is 12.5. The van der Waals surface area contributed by atoms with Crippen molar-refractivity contribution >= 4 is 58.0 Å². The van der Waals surface area contributed by atoms with Crippen LogP contribution in [-0.2, 0) is 17.4 Å². The number of allylic oxidation sites excluding steroid dienone is 1. The number of alkyl halides is 6. The number of benzene rings is 2. The normalized spacial score (nSPS) is 15.0. The number of hydrogen-bond acceptors (Lipinski definition) is 2. The van der Waals surface area contributed by atoms with E-state index in [9.17, 15) is 35.7 Å². The zero-order valence-electron chi connectivity index (χ0n) is 19.4. The van der Waals surface area contributed by atoms with E-state index in [1.165, 1.54) is 6.92 Å². The Morgan fingerprint density at radius 3 is 2.19 bits per heavy atom. The summed E-state index contributed by atoms with van der Waals surface area (Å²) in [7, 11) is 0. The van der Waals surface area contributed by atoms with Gasteiger partial charge in [0, 0.05) is 0 Å². The van der Waals surface area contributed by atoms with E-state index < -0.39 is 52.5 Å². The van der Waals surface area contributed by atoms with Crippen LogP contribution in [0, 0.1) is 0 Å². The molecule has 0 spiro atoms. The van der Waals surface area contributed by atoms with Crippen LogP contribution >= 0.6 is 34.8 Å². The van der Waals surface area contributed by atoms with Crippen molar-refractivity contribution in [3.8, 4) is 0 Å². The zero-order valence-corrected chi connectivity index (χ0v) is 22.5. The Kier molecular flexibility index (Phi) is 11.1. The number of carbonyl (C=O) groups excluding carboxylic acids is 1. The number of rotatable bonds is 9. The molecule has 0 saturated heterocycles. The van der Waals surface area contributed by atoms with Gasteiger partial charge in [-0.25, -0.2) is 0 Å². The maximum Gasteiger partial charge on any atom is 0.417 e. The van der Waals surface area contributed by atoms with Gasteiger partial charge in [0.15, 0.2) is 0 Å². The minimum Gasteiger partial charge on any atom is -0.616 e. The molecule has 0 aromatic heterocycles. The SMILES string of the molecule is CCC[S+]([O-])C[C@@H](C)NC(=O)c1ccc(/C=C/C(c2cc(Cl)c(Cl)c(Cl)c2)C(F)(F)F)cc1C(F)(F)F. The molecule has 2 unspecified atom stereocenters. The third-order valence-electron chi connectivity index (χ3n) is 5.04. The fraction of sp³-hybridized carbons (Fsp3) is 0.375. The van der Waals surface area contributed by atoms with Crippen molar-refractivity contribution in [1.29, 1.82) is 0 Å². The topological polar surface area (TPSA) is 52.2 Å². The summed E-state index contributed by atoms with van der Waals surface area (Å²) in [5.41, 5.74) is -2.61. The molecule has 2 rings (SSSR count). The van der Waals surface area contributed by atoms with Crippen molar-refractivity contribution in [2.75, 3.05) is 11.5 Å². The predicted octanol–water partition coefficient (Wildman–Crippen LogP) is 8.30. The van der Waals surface area contributed by atoms with Crippen LogP contribution in [0.3, 0.4) is 0 Å². The smallest absolute Gasteiger partial charge is 0.417 e. The molecular formula is C24H22Cl3F6NO2S. The first-order chi connectivity index (χ1) is 17.0. The summed E-state index contributed by atoms with van der Waals surface area (Å²) < 4.78 is 94.3. The highest BCUT2D eigenvalue weighted by Crippen LogP contribution is 2.41. The van der Waals surface area contributed by atoms with Crippen LogP contribution in [0.25, 0.3) is 6.08 Å². The van der Waals surface area contributed by atoms with Crippen LogP contribution in [0.5, 0.6) is 0 Å². The number of carbonyl (C=O) groups is 1. The Hall–Kier alpha value is -1.59. The molecule has 0 aliphatic carbocycles. The largest absolute Gasteiger partial charge is 0.616 e. The van der Waals surface area contributed by atoms with Crippen molar-refractivity contribution in [3.63, 3.8) is 0 Å². The van der Waals surface area contributed by atoms with E-state index in [1.54, 1.807) is 0 Å². The van der Waals surface area contributed by atoms with Gasteiger partial charge in [-0.2, -0.15) is 26.3 Å². The van der Waals surface area contributed by atoms with Crippen LogP contribution in [-0.4, -0.2) is 34.2 Å². The molecule has 2 aromatic carbocycles. The van der Waals surface area contributed by atoms with E-state index in [4.69, 9.17) is 34.8 Å². The molecule has 0 bridgehead atoms. The van der Waals surface area contributed by atoms with E-state index in [0.717, 1.165) is 30.3 Å². The van der Waals surface area contributed by atoms with E-state index in [-0.39, 0.29) is 31.9 Å². The Balaban J connectivity index is 2.39. The highest BCUT2D eigenvalue weighted by atomic mass is 35.5. The summed E-state index contributed by atoms with van der Waals surface area (Å²) in [5.74, 6) is -2.83. The molecule has 3 nitrogen and oxygen atoms in total. The lowest BCUT2D eigenvalue weighted by Gasteiger charge is -2.19. The minimum absolute atomic E-state index is 0.0688. The van der Waals surface area contributed by atoms with Crippen molar-refractivity contribution < 1.29 is 35.7 Å². The third kappa shape index (κ3) is 8.99. The lowest BCUT2D eigenvalue weighted by molar-refractivity contribution is -0.139. The molecule has 0 aliphatic heterocycles. The van der Waals surface area contributed by atoms with Crippen molar-refractivity contribution in [3.05, 3.63) is 73.7 Å². The molecule has 1 amide bonds. The molecule has 1 N–H and O–H groups in total. The number of halogens is 9. The standard InChI is InChI=1S/C24H22Cl3F6NO2S/c1-3-8-37(36)12-13(2)34-22(35)16-6-4-14(9-18(16)24(31,32)33)5-7-17(23(28,29)30)15-10-19(25)21(27)20(26)11-15/h4-7,9-11,13,17H,3,8,12H2,1-2H3,(H,34,35)/b7-5+/t13-,17?,37?/m1/s1. The summed E-state index contributed by atoms with van der Waals surface area (Å²) in [6, 6.07) is 3.84. The van der Waals surface area contributed by atoms with Gasteiger partial charge < -0.3 is 9.87 Å². The molecule has 37 heavy (non-hydrogen) atoms. The van der Waals surface area contributed by atoms with Crippen molar-refractivity contribution in [2.45, 2.75) is 44.6 Å². The molecule has 0 heterocycles. The van der Waals surface area contributed by atoms with Crippen LogP contribution in [0.2, 0.25) is 15.1 Å². The average molecular weight is 609 g/mol. The maximum atomic E-state index is 13.7. The second kappa shape index (κ2) is 13.0. The highest BCUT2D eigenvalue weighted by Gasteiger charge is 2.40. The molecule has 0 fully saturated rings. The minimum atomic E-state index is -4.97. The van der Waals surface area contributed by atoms with E-state index in [1.807, 2.05) is 6.92 Å². The molecule has 3 atom stereocenters. The first-order valence-electron chi connectivity index (χ1n) is 10.8. The summed E-state index contributed by atoms with van der Waals surface area (Å²) >= 11 is 16.2. The Bertz CT molecular complexity index is 1120. The number of nitrogens with one attached hydrogen (secondary N) is 1. The van der Waals surface area contributed by atoms with Gasteiger partial charge in [-0.3, -0.25) is 4.79 Å². The van der Waals surface area contributed by atoms with E-state index >= 15 is 0 Å². The molecule has 0 saturated carbocycles. The predicted molar refractivity (Wildman–Crippen MR) is 136 cm³/mol. The summed E-state index contributed by atoms with van der Waals surface area (Å²) in [6.07, 6.45) is -7.62.